The predicted molar refractivity (Wildman–Crippen MR) is 207 cm³/mol. The van der Waals surface area contributed by atoms with Gasteiger partial charge in [0.1, 0.15) is 17.3 Å². The third-order valence-electron chi connectivity index (χ3n) is 7.93. The van der Waals surface area contributed by atoms with Gasteiger partial charge in [0.25, 0.3) is 11.8 Å². The van der Waals surface area contributed by atoms with Crippen molar-refractivity contribution in [2.75, 3.05) is 37.3 Å². The molecule has 0 unspecified atom stereocenters. The van der Waals surface area contributed by atoms with Gasteiger partial charge < -0.3 is 46.1 Å². The number of nitrogens with zero attached hydrogens (tertiary/aromatic N) is 4. The van der Waals surface area contributed by atoms with Crippen LogP contribution in [-0.4, -0.2) is 66.1 Å². The molecular formula is C36H43N11O5S. The van der Waals surface area contributed by atoms with E-state index in [1.807, 2.05) is 25.1 Å². The second kappa shape index (κ2) is 18.3. The van der Waals surface area contributed by atoms with Crippen molar-refractivity contribution in [2.45, 2.75) is 44.4 Å². The van der Waals surface area contributed by atoms with Crippen molar-refractivity contribution < 1.29 is 23.6 Å². The number of benzene rings is 3. The van der Waals surface area contributed by atoms with Crippen molar-refractivity contribution in [3.63, 3.8) is 0 Å². The number of rotatable bonds is 18. The van der Waals surface area contributed by atoms with E-state index in [1.165, 1.54) is 11.9 Å². The molecule has 2 heterocycles. The lowest BCUT2D eigenvalue weighted by molar-refractivity contribution is 0.0947. The van der Waals surface area contributed by atoms with Gasteiger partial charge in [-0.25, -0.2) is 0 Å². The Bertz CT molecular complexity index is 2090. The van der Waals surface area contributed by atoms with Crippen molar-refractivity contribution in [3.05, 3.63) is 83.0 Å². The Morgan fingerprint density at radius 1 is 0.868 bits per heavy atom. The van der Waals surface area contributed by atoms with Crippen molar-refractivity contribution in [3.8, 4) is 11.5 Å². The van der Waals surface area contributed by atoms with Crippen molar-refractivity contribution in [2.24, 2.45) is 21.7 Å². The summed E-state index contributed by atoms with van der Waals surface area (Å²) in [6, 6.07) is 17.6. The SMILES string of the molecule is CCc1cc(Nc2cc3onc(NSc4ccc(C(=O)NCCCCCNC(=O)c5ccc(/C(N)=N/N=C(/C)N)cc5)cc4OC)c3cc2OC)n[nH]1. The van der Waals surface area contributed by atoms with Crippen LogP contribution < -0.4 is 41.6 Å². The van der Waals surface area contributed by atoms with Crippen LogP contribution >= 0.6 is 11.9 Å². The van der Waals surface area contributed by atoms with Gasteiger partial charge in [-0.05, 0) is 81.0 Å². The van der Waals surface area contributed by atoms with Crippen LogP contribution in [0.15, 0.2) is 80.3 Å². The predicted octanol–water partition coefficient (Wildman–Crippen LogP) is 5.32. The molecule has 16 nitrogen and oxygen atoms in total. The van der Waals surface area contributed by atoms with Crippen LogP contribution in [0.1, 0.15) is 65.1 Å². The summed E-state index contributed by atoms with van der Waals surface area (Å²) >= 11 is 1.28. The zero-order valence-electron chi connectivity index (χ0n) is 29.9. The molecule has 2 aromatic heterocycles. The van der Waals surface area contributed by atoms with E-state index in [0.717, 1.165) is 41.7 Å². The molecule has 0 aliphatic heterocycles. The van der Waals surface area contributed by atoms with E-state index in [-0.39, 0.29) is 17.6 Å². The summed E-state index contributed by atoms with van der Waals surface area (Å²) in [5, 5.41) is 28.9. The van der Waals surface area contributed by atoms with Gasteiger partial charge in [-0.3, -0.25) is 14.7 Å². The number of fused-ring (bicyclic) bond motifs is 1. The third kappa shape index (κ3) is 10.2. The number of anilines is 3. The number of amidine groups is 2. The quantitative estimate of drug-likeness (QED) is 0.0199. The molecular weight excluding hydrogens is 699 g/mol. The number of hydrogen-bond acceptors (Lipinski definition) is 12. The molecule has 0 spiro atoms. The van der Waals surface area contributed by atoms with E-state index in [4.69, 9.17) is 25.5 Å². The minimum Gasteiger partial charge on any atom is -0.495 e. The summed E-state index contributed by atoms with van der Waals surface area (Å²) < 4.78 is 20.0. The molecule has 0 radical (unpaired) electrons. The van der Waals surface area contributed by atoms with E-state index >= 15 is 0 Å². The molecule has 0 saturated heterocycles. The van der Waals surface area contributed by atoms with Gasteiger partial charge in [0.2, 0.25) is 0 Å². The number of aromatic nitrogens is 3. The minimum absolute atomic E-state index is 0.185. The van der Waals surface area contributed by atoms with Crippen molar-refractivity contribution in [1.29, 1.82) is 0 Å². The first-order chi connectivity index (χ1) is 25.7. The first kappa shape index (κ1) is 38.0. The maximum absolute atomic E-state index is 12.9. The second-order valence-corrected chi connectivity index (χ2v) is 12.6. The Kier molecular flexibility index (Phi) is 13.1. The number of methoxy groups -OCH3 is 2. The summed E-state index contributed by atoms with van der Waals surface area (Å²) in [5.41, 5.74) is 15.2. The molecule has 2 amide bonds. The molecule has 5 rings (SSSR count). The number of carbonyl (C=O) groups is 2. The van der Waals surface area contributed by atoms with Crippen LogP contribution in [0.5, 0.6) is 11.5 Å². The van der Waals surface area contributed by atoms with Gasteiger partial charge in [0, 0.05) is 47.6 Å². The molecule has 0 atom stereocenters. The van der Waals surface area contributed by atoms with E-state index < -0.39 is 0 Å². The summed E-state index contributed by atoms with van der Waals surface area (Å²) in [4.78, 5) is 26.1. The highest BCUT2D eigenvalue weighted by Crippen LogP contribution is 2.38. The number of carbonyl (C=O) groups excluding carboxylic acids is 2. The molecule has 0 aliphatic rings. The number of H-pyrrole nitrogens is 1. The topological polar surface area (TPSA) is 232 Å². The standard InChI is InChI=1S/C36H43N11O5S/c1-5-25-18-32(44-43-25)41-27-20-28-26(19-29(27)50-3)34(46-52-28)47-53-31-14-13-24(17-30(31)51-4)36(49)40-16-8-6-7-15-39-35(48)23-11-9-22(10-12-23)33(38)45-42-21(2)37/h9-14,17-20H,5-8,15-16H2,1-4H3,(H2,37,42)(H2,38,45)(H,39,48)(H,40,49)(H,46,47)(H2,41,43,44). The van der Waals surface area contributed by atoms with Crippen LogP contribution in [0.4, 0.5) is 17.3 Å². The highest BCUT2D eigenvalue weighted by Gasteiger charge is 2.17. The van der Waals surface area contributed by atoms with Crippen LogP contribution in [-0.2, 0) is 6.42 Å². The van der Waals surface area contributed by atoms with Gasteiger partial charge in [-0.1, -0.05) is 24.2 Å². The number of aryl methyl sites for hydroxylation is 1. The summed E-state index contributed by atoms with van der Waals surface area (Å²) in [6.45, 7) is 4.66. The smallest absolute Gasteiger partial charge is 0.251 e. The summed E-state index contributed by atoms with van der Waals surface area (Å²) in [5.74, 6) is 2.39. The molecule has 53 heavy (non-hydrogen) atoms. The van der Waals surface area contributed by atoms with Crippen LogP contribution in [0.3, 0.4) is 0 Å². The Hall–Kier alpha value is -6.23. The second-order valence-electron chi connectivity index (χ2n) is 11.8. The highest BCUT2D eigenvalue weighted by molar-refractivity contribution is 8.00. The molecule has 0 bridgehead atoms. The Balaban J connectivity index is 1.06. The Morgan fingerprint density at radius 3 is 2.21 bits per heavy atom. The molecule has 0 fully saturated rings. The molecule has 278 valence electrons. The minimum atomic E-state index is -0.208. The van der Waals surface area contributed by atoms with Crippen molar-refractivity contribution in [1.82, 2.24) is 26.0 Å². The van der Waals surface area contributed by atoms with Gasteiger partial charge in [0.05, 0.1) is 30.2 Å². The summed E-state index contributed by atoms with van der Waals surface area (Å²) in [7, 11) is 3.14. The molecule has 5 aromatic rings. The molecule has 0 aliphatic carbocycles. The fraction of sp³-hybridized carbons (Fsp3) is 0.278. The maximum atomic E-state index is 12.9. The van der Waals surface area contributed by atoms with Gasteiger partial charge in [-0.2, -0.15) is 5.10 Å². The van der Waals surface area contributed by atoms with E-state index in [0.29, 0.717) is 70.0 Å². The lowest BCUT2D eigenvalue weighted by Gasteiger charge is -2.11. The average Bonchev–Trinajstić information content (AvgIpc) is 3.81. The lowest BCUT2D eigenvalue weighted by Crippen LogP contribution is -2.26. The average molecular weight is 742 g/mol. The number of nitrogens with two attached hydrogens (primary N) is 2. The maximum Gasteiger partial charge on any atom is 0.251 e. The molecule has 0 saturated carbocycles. The third-order valence-corrected chi connectivity index (χ3v) is 8.79. The lowest BCUT2D eigenvalue weighted by atomic mass is 10.1. The van der Waals surface area contributed by atoms with Gasteiger partial charge in [-0.15, -0.1) is 10.2 Å². The molecule has 9 N–H and O–H groups in total. The van der Waals surface area contributed by atoms with Crippen molar-refractivity contribution >= 4 is 63.7 Å². The number of hydrogen-bond donors (Lipinski definition) is 7. The first-order valence-corrected chi connectivity index (χ1v) is 17.7. The van der Waals surface area contributed by atoms with Gasteiger partial charge in [0.15, 0.2) is 23.1 Å². The zero-order valence-corrected chi connectivity index (χ0v) is 30.7. The zero-order chi connectivity index (χ0) is 37.7. The monoisotopic (exact) mass is 741 g/mol. The van der Waals surface area contributed by atoms with E-state index in [2.05, 4.69) is 46.2 Å². The van der Waals surface area contributed by atoms with Crippen LogP contribution in [0, 0.1) is 0 Å². The fourth-order valence-electron chi connectivity index (χ4n) is 5.06. The molecule has 17 heteroatoms. The number of aromatic amines is 1. The largest absolute Gasteiger partial charge is 0.495 e. The summed E-state index contributed by atoms with van der Waals surface area (Å²) in [6.07, 6.45) is 3.18. The number of ether oxygens (including phenoxy) is 2. The first-order valence-electron chi connectivity index (χ1n) is 16.9. The Labute approximate surface area is 310 Å². The Morgan fingerprint density at radius 2 is 1.55 bits per heavy atom. The van der Waals surface area contributed by atoms with Crippen LogP contribution in [0.25, 0.3) is 11.0 Å². The van der Waals surface area contributed by atoms with E-state index in [9.17, 15) is 9.59 Å². The number of amides is 2. The van der Waals surface area contributed by atoms with Gasteiger partial charge >= 0.3 is 0 Å². The molecule has 3 aromatic carbocycles. The van der Waals surface area contributed by atoms with E-state index in [1.54, 1.807) is 63.6 Å². The normalized spacial score (nSPS) is 11.7. The fourth-order valence-corrected chi connectivity index (χ4v) is 5.80. The van der Waals surface area contributed by atoms with Crippen LogP contribution in [0.2, 0.25) is 0 Å². The highest BCUT2D eigenvalue weighted by atomic mass is 32.2. The number of unbranched alkanes of at least 4 members (excludes halogenated alkanes) is 2. The number of nitrogens with one attached hydrogen (secondary N) is 5.